The van der Waals surface area contributed by atoms with Crippen LogP contribution in [0.5, 0.6) is 11.5 Å². The lowest BCUT2D eigenvalue weighted by atomic mass is 9.95. The number of phenols is 1. The first-order valence-corrected chi connectivity index (χ1v) is 11.0. The minimum atomic E-state index is -0.374. The van der Waals surface area contributed by atoms with E-state index < -0.39 is 0 Å². The molecule has 0 fully saturated rings. The Morgan fingerprint density at radius 1 is 1.09 bits per heavy atom. The SMILES string of the molecule is CCCOc1ccc(C2c3c(-c4ccccc4O)n[nH]c3C(=O)N2Cc2cccnc2)cc1. The van der Waals surface area contributed by atoms with E-state index in [-0.39, 0.29) is 17.7 Å². The Hall–Kier alpha value is -4.13. The van der Waals surface area contributed by atoms with E-state index >= 15 is 0 Å². The molecule has 1 unspecified atom stereocenters. The van der Waals surface area contributed by atoms with Crippen LogP contribution in [-0.4, -0.2) is 37.7 Å². The maximum atomic E-state index is 13.5. The number of para-hydroxylation sites is 1. The Morgan fingerprint density at radius 3 is 2.64 bits per heavy atom. The van der Waals surface area contributed by atoms with E-state index in [1.54, 1.807) is 30.6 Å². The first-order valence-electron chi connectivity index (χ1n) is 11.0. The van der Waals surface area contributed by atoms with Gasteiger partial charge in [0.25, 0.3) is 5.91 Å². The molecule has 2 aromatic carbocycles. The number of benzene rings is 2. The quantitative estimate of drug-likeness (QED) is 0.434. The van der Waals surface area contributed by atoms with Gasteiger partial charge in [0, 0.05) is 30.1 Å². The molecule has 166 valence electrons. The first-order chi connectivity index (χ1) is 16.2. The molecule has 2 N–H and O–H groups in total. The first kappa shape index (κ1) is 20.8. The molecular formula is C26H24N4O3. The summed E-state index contributed by atoms with van der Waals surface area (Å²) in [5.74, 6) is 0.767. The van der Waals surface area contributed by atoms with E-state index in [1.807, 2.05) is 47.4 Å². The number of hydrogen-bond acceptors (Lipinski definition) is 5. The Labute approximate surface area is 191 Å². The van der Waals surface area contributed by atoms with Crippen molar-refractivity contribution in [2.45, 2.75) is 25.9 Å². The number of ether oxygens (including phenoxy) is 1. The summed E-state index contributed by atoms with van der Waals surface area (Å²) in [6.45, 7) is 3.11. The second-order valence-electron chi connectivity index (χ2n) is 7.99. The predicted molar refractivity (Wildman–Crippen MR) is 124 cm³/mol. The van der Waals surface area contributed by atoms with Gasteiger partial charge in [0.15, 0.2) is 0 Å². The fourth-order valence-electron chi connectivity index (χ4n) is 4.24. The summed E-state index contributed by atoms with van der Waals surface area (Å²) >= 11 is 0. The number of rotatable bonds is 7. The molecule has 1 aliphatic rings. The van der Waals surface area contributed by atoms with Gasteiger partial charge in [-0.15, -0.1) is 0 Å². The molecule has 0 radical (unpaired) electrons. The summed E-state index contributed by atoms with van der Waals surface area (Å²) in [6.07, 6.45) is 4.41. The number of nitrogens with zero attached hydrogens (tertiary/aromatic N) is 3. The average molecular weight is 441 g/mol. The molecule has 0 bridgehead atoms. The van der Waals surface area contributed by atoms with Crippen LogP contribution in [-0.2, 0) is 6.54 Å². The van der Waals surface area contributed by atoms with Crippen LogP contribution in [0, 0.1) is 0 Å². The highest BCUT2D eigenvalue weighted by Gasteiger charge is 2.42. The van der Waals surface area contributed by atoms with Crippen molar-refractivity contribution in [2.75, 3.05) is 6.61 Å². The van der Waals surface area contributed by atoms with E-state index in [0.717, 1.165) is 28.9 Å². The van der Waals surface area contributed by atoms with Gasteiger partial charge in [-0.25, -0.2) is 0 Å². The van der Waals surface area contributed by atoms with Crippen LogP contribution in [0.2, 0.25) is 0 Å². The maximum Gasteiger partial charge on any atom is 0.273 e. The number of H-pyrrole nitrogens is 1. The van der Waals surface area contributed by atoms with Gasteiger partial charge in [-0.2, -0.15) is 5.10 Å². The van der Waals surface area contributed by atoms with Gasteiger partial charge < -0.3 is 14.7 Å². The smallest absolute Gasteiger partial charge is 0.273 e. The van der Waals surface area contributed by atoms with E-state index in [1.165, 1.54) is 0 Å². The second-order valence-corrected chi connectivity index (χ2v) is 7.99. The predicted octanol–water partition coefficient (Wildman–Crippen LogP) is 4.71. The molecule has 0 saturated carbocycles. The molecule has 3 heterocycles. The van der Waals surface area contributed by atoms with Crippen molar-refractivity contribution >= 4 is 5.91 Å². The van der Waals surface area contributed by atoms with Crippen molar-refractivity contribution in [1.29, 1.82) is 0 Å². The molecule has 0 spiro atoms. The van der Waals surface area contributed by atoms with Crippen molar-refractivity contribution in [3.63, 3.8) is 0 Å². The number of aromatic hydroxyl groups is 1. The van der Waals surface area contributed by atoms with Crippen molar-refractivity contribution in [2.24, 2.45) is 0 Å². The zero-order valence-corrected chi connectivity index (χ0v) is 18.2. The molecule has 4 aromatic rings. The number of pyridine rings is 1. The molecule has 0 aliphatic carbocycles. The highest BCUT2D eigenvalue weighted by atomic mass is 16.5. The second kappa shape index (κ2) is 8.78. The highest BCUT2D eigenvalue weighted by Crippen LogP contribution is 2.45. The number of amides is 1. The summed E-state index contributed by atoms with van der Waals surface area (Å²) in [7, 11) is 0. The summed E-state index contributed by atoms with van der Waals surface area (Å²) in [5.41, 5.74) is 4.22. The lowest BCUT2D eigenvalue weighted by Crippen LogP contribution is -2.29. The number of fused-ring (bicyclic) bond motifs is 1. The standard InChI is InChI=1S/C26H24N4O3/c1-2-14-33-19-11-9-18(10-12-19)25-22-23(20-7-3-4-8-21(20)31)28-29-24(22)26(32)30(25)16-17-6-5-13-27-15-17/h3-13,15,25,31H,2,14,16H2,1H3,(H,28,29). The molecule has 1 amide bonds. The molecule has 7 heteroatoms. The number of carbonyl (C=O) groups excluding carboxylic acids is 1. The molecular weight excluding hydrogens is 416 g/mol. The Kier molecular flexibility index (Phi) is 5.52. The summed E-state index contributed by atoms with van der Waals surface area (Å²) in [4.78, 5) is 19.5. The van der Waals surface area contributed by atoms with E-state index in [9.17, 15) is 9.90 Å². The van der Waals surface area contributed by atoms with Crippen molar-refractivity contribution < 1.29 is 14.6 Å². The number of aromatic nitrogens is 3. The normalized spacial score (nSPS) is 15.0. The van der Waals surface area contributed by atoms with Crippen LogP contribution in [0.25, 0.3) is 11.3 Å². The Bertz CT molecular complexity index is 1270. The maximum absolute atomic E-state index is 13.5. The minimum Gasteiger partial charge on any atom is -0.507 e. The van der Waals surface area contributed by atoms with E-state index in [2.05, 4.69) is 22.1 Å². The van der Waals surface area contributed by atoms with Crippen LogP contribution in [0.4, 0.5) is 0 Å². The molecule has 1 aliphatic heterocycles. The summed E-state index contributed by atoms with van der Waals surface area (Å²) in [5, 5.41) is 17.8. The highest BCUT2D eigenvalue weighted by molar-refractivity contribution is 6.00. The summed E-state index contributed by atoms with van der Waals surface area (Å²) in [6, 6.07) is 18.3. The van der Waals surface area contributed by atoms with Crippen molar-refractivity contribution in [3.05, 3.63) is 95.4 Å². The average Bonchev–Trinajstić information content (AvgIpc) is 3.38. The lowest BCUT2D eigenvalue weighted by Gasteiger charge is -2.26. The van der Waals surface area contributed by atoms with Crippen LogP contribution in [0.3, 0.4) is 0 Å². The zero-order valence-electron chi connectivity index (χ0n) is 18.2. The largest absolute Gasteiger partial charge is 0.507 e. The fraction of sp³-hybridized carbons (Fsp3) is 0.192. The van der Waals surface area contributed by atoms with E-state index in [4.69, 9.17) is 4.74 Å². The number of hydrogen-bond donors (Lipinski definition) is 2. The van der Waals surface area contributed by atoms with Gasteiger partial charge in [0.2, 0.25) is 0 Å². The topological polar surface area (TPSA) is 91.3 Å². The minimum absolute atomic E-state index is 0.118. The van der Waals surface area contributed by atoms with Crippen LogP contribution >= 0.6 is 0 Å². The van der Waals surface area contributed by atoms with Crippen molar-refractivity contribution in [3.8, 4) is 22.8 Å². The number of nitrogens with one attached hydrogen (secondary N) is 1. The number of aromatic amines is 1. The van der Waals surface area contributed by atoms with Crippen LogP contribution < -0.4 is 4.74 Å². The van der Waals surface area contributed by atoms with Crippen molar-refractivity contribution in [1.82, 2.24) is 20.1 Å². The van der Waals surface area contributed by atoms with Crippen LogP contribution in [0.15, 0.2) is 73.1 Å². The Balaban J connectivity index is 1.60. The summed E-state index contributed by atoms with van der Waals surface area (Å²) < 4.78 is 5.74. The Morgan fingerprint density at radius 2 is 1.91 bits per heavy atom. The van der Waals surface area contributed by atoms with Gasteiger partial charge in [-0.1, -0.05) is 37.3 Å². The molecule has 0 saturated heterocycles. The number of phenolic OH excluding ortho intramolecular Hbond substituents is 1. The third kappa shape index (κ3) is 3.82. The molecule has 5 rings (SSSR count). The molecule has 2 aromatic heterocycles. The lowest BCUT2D eigenvalue weighted by molar-refractivity contribution is 0.0730. The van der Waals surface area contributed by atoms with Gasteiger partial charge in [0.05, 0.1) is 12.6 Å². The van der Waals surface area contributed by atoms with Gasteiger partial charge in [-0.05, 0) is 47.9 Å². The third-order valence-corrected chi connectivity index (χ3v) is 5.77. The van der Waals surface area contributed by atoms with Crippen LogP contribution in [0.1, 0.15) is 46.6 Å². The zero-order chi connectivity index (χ0) is 22.8. The fourth-order valence-corrected chi connectivity index (χ4v) is 4.24. The number of carbonyl (C=O) groups is 1. The molecule has 33 heavy (non-hydrogen) atoms. The van der Waals surface area contributed by atoms with E-state index in [0.29, 0.717) is 30.1 Å². The molecule has 7 nitrogen and oxygen atoms in total. The van der Waals surface area contributed by atoms with Gasteiger partial charge in [-0.3, -0.25) is 14.9 Å². The van der Waals surface area contributed by atoms with Gasteiger partial charge in [0.1, 0.15) is 22.9 Å². The third-order valence-electron chi connectivity index (χ3n) is 5.77. The monoisotopic (exact) mass is 440 g/mol. The van der Waals surface area contributed by atoms with Gasteiger partial charge >= 0.3 is 0 Å². The molecule has 1 atom stereocenters.